The lowest BCUT2D eigenvalue weighted by atomic mass is 9.95. The van der Waals surface area contributed by atoms with Crippen LogP contribution in [0, 0.1) is 13.8 Å². The summed E-state index contributed by atoms with van der Waals surface area (Å²) in [4.78, 5) is 17.2. The molecule has 0 spiro atoms. The zero-order valence-corrected chi connectivity index (χ0v) is 18.8. The first-order valence-corrected chi connectivity index (χ1v) is 11.8. The summed E-state index contributed by atoms with van der Waals surface area (Å²) in [5.74, 6) is 0. The number of thiophene rings is 1. The van der Waals surface area contributed by atoms with E-state index in [9.17, 15) is 4.79 Å². The van der Waals surface area contributed by atoms with Gasteiger partial charge in [0.05, 0.1) is 12.6 Å². The van der Waals surface area contributed by atoms with Crippen LogP contribution in [0.2, 0.25) is 0 Å². The normalized spacial score (nSPS) is 17.7. The molecule has 1 unspecified atom stereocenters. The summed E-state index contributed by atoms with van der Waals surface area (Å²) >= 11 is 1.94. The van der Waals surface area contributed by atoms with Crippen LogP contribution < -0.4 is 5.32 Å². The van der Waals surface area contributed by atoms with Crippen LogP contribution in [-0.4, -0.2) is 15.5 Å². The fraction of sp³-hybridized carbons (Fsp3) is 0.400. The minimum Gasteiger partial charge on any atom is -0.312 e. The Morgan fingerprint density at radius 3 is 2.80 bits per heavy atom. The number of carbonyl (C=O) groups excluding carboxylic acids is 1. The molecule has 3 aromatic rings. The van der Waals surface area contributed by atoms with Crippen molar-refractivity contribution in [3.8, 4) is 5.00 Å². The largest absolute Gasteiger partial charge is 0.322 e. The summed E-state index contributed by atoms with van der Waals surface area (Å²) in [5.41, 5.74) is 7.30. The molecule has 1 N–H and O–H groups in total. The van der Waals surface area contributed by atoms with Crippen molar-refractivity contribution < 1.29 is 4.79 Å². The van der Waals surface area contributed by atoms with Gasteiger partial charge in [0.25, 0.3) is 0 Å². The average Bonchev–Trinajstić information content (AvgIpc) is 3.33. The number of hydrogen-bond donors (Lipinski definition) is 1. The van der Waals surface area contributed by atoms with Gasteiger partial charge in [0, 0.05) is 28.0 Å². The van der Waals surface area contributed by atoms with E-state index in [2.05, 4.69) is 60.0 Å². The van der Waals surface area contributed by atoms with Gasteiger partial charge in [0.2, 0.25) is 0 Å². The number of amides is 2. The lowest BCUT2D eigenvalue weighted by Gasteiger charge is -2.30. The van der Waals surface area contributed by atoms with Crippen LogP contribution in [0.1, 0.15) is 65.1 Å². The lowest BCUT2D eigenvalue weighted by Crippen LogP contribution is -2.37. The Bertz CT molecular complexity index is 1110. The second-order valence-corrected chi connectivity index (χ2v) is 9.61. The maximum atomic E-state index is 13.6. The Balaban J connectivity index is 1.57. The van der Waals surface area contributed by atoms with Gasteiger partial charge >= 0.3 is 6.03 Å². The monoisotopic (exact) mass is 419 g/mol. The Kier molecular flexibility index (Phi) is 4.94. The van der Waals surface area contributed by atoms with Crippen molar-refractivity contribution in [1.29, 1.82) is 0 Å². The molecule has 30 heavy (non-hydrogen) atoms. The van der Waals surface area contributed by atoms with Crippen molar-refractivity contribution in [2.45, 2.75) is 65.5 Å². The van der Waals surface area contributed by atoms with Crippen molar-refractivity contribution in [2.75, 3.05) is 5.32 Å². The highest BCUT2D eigenvalue weighted by atomic mass is 32.1. The molecule has 0 bridgehead atoms. The second kappa shape index (κ2) is 7.62. The van der Waals surface area contributed by atoms with E-state index in [0.717, 1.165) is 24.1 Å². The SMILES string of the molecule is CCC1c2cccn2-c2sc3c(c2CN1C(=O)Nc1cccc(C)c1C)CCCC3. The third-order valence-corrected chi connectivity index (χ3v) is 8.13. The Morgan fingerprint density at radius 2 is 1.97 bits per heavy atom. The van der Waals surface area contributed by atoms with Crippen LogP contribution in [0.4, 0.5) is 10.5 Å². The van der Waals surface area contributed by atoms with Gasteiger partial charge in [-0.2, -0.15) is 0 Å². The van der Waals surface area contributed by atoms with Gasteiger partial charge in [-0.25, -0.2) is 4.79 Å². The summed E-state index contributed by atoms with van der Waals surface area (Å²) in [5, 5.41) is 4.54. The van der Waals surface area contributed by atoms with Gasteiger partial charge in [0.15, 0.2) is 0 Å². The van der Waals surface area contributed by atoms with Gasteiger partial charge in [-0.05, 0) is 80.8 Å². The van der Waals surface area contributed by atoms with Crippen LogP contribution in [0.5, 0.6) is 0 Å². The quantitative estimate of drug-likeness (QED) is 0.503. The molecule has 1 aliphatic heterocycles. The van der Waals surface area contributed by atoms with Crippen LogP contribution >= 0.6 is 11.3 Å². The van der Waals surface area contributed by atoms with Crippen LogP contribution in [-0.2, 0) is 19.4 Å². The maximum absolute atomic E-state index is 13.6. The minimum atomic E-state index is -0.00749. The standard InChI is InChI=1S/C25H29N3OS/c1-4-21-22-12-8-14-27(22)24-19(18-10-5-6-13-23(18)30-24)15-28(21)25(29)26-20-11-7-9-16(2)17(20)3/h7-9,11-12,14,21H,4-6,10,13,15H2,1-3H3,(H,26,29). The molecule has 5 rings (SSSR count). The number of carbonyl (C=O) groups is 1. The number of fused-ring (bicyclic) bond motifs is 5. The van der Waals surface area contributed by atoms with E-state index < -0.39 is 0 Å². The van der Waals surface area contributed by atoms with Gasteiger partial charge < -0.3 is 14.8 Å². The van der Waals surface area contributed by atoms with Crippen molar-refractivity contribution >= 4 is 23.1 Å². The molecule has 0 fully saturated rings. The molecule has 1 atom stereocenters. The number of nitrogens with one attached hydrogen (secondary N) is 1. The van der Waals surface area contributed by atoms with Gasteiger partial charge in [-0.15, -0.1) is 11.3 Å². The molecule has 0 saturated heterocycles. The summed E-state index contributed by atoms with van der Waals surface area (Å²) in [6, 6.07) is 10.4. The molecule has 0 saturated carbocycles. The first-order valence-electron chi connectivity index (χ1n) is 11.0. The molecule has 3 heterocycles. The van der Waals surface area contributed by atoms with E-state index in [1.54, 1.807) is 0 Å². The van der Waals surface area contributed by atoms with E-state index in [4.69, 9.17) is 0 Å². The number of benzene rings is 1. The predicted molar refractivity (Wildman–Crippen MR) is 124 cm³/mol. The van der Waals surface area contributed by atoms with Crippen molar-refractivity contribution in [3.63, 3.8) is 0 Å². The minimum absolute atomic E-state index is 0.00749. The number of urea groups is 1. The van der Waals surface area contributed by atoms with E-state index in [1.165, 1.54) is 51.5 Å². The number of nitrogens with zero attached hydrogens (tertiary/aromatic N) is 2. The molecule has 2 aliphatic rings. The maximum Gasteiger partial charge on any atom is 0.322 e. The molecule has 2 amide bonds. The zero-order valence-electron chi connectivity index (χ0n) is 18.0. The molecular weight excluding hydrogens is 390 g/mol. The average molecular weight is 420 g/mol. The fourth-order valence-electron chi connectivity index (χ4n) is 4.98. The first kappa shape index (κ1) is 19.4. The molecule has 1 aromatic carbocycles. The summed E-state index contributed by atoms with van der Waals surface area (Å²) < 4.78 is 2.34. The van der Waals surface area contributed by atoms with Crippen LogP contribution in [0.3, 0.4) is 0 Å². The number of aryl methyl sites for hydroxylation is 2. The molecular formula is C25H29N3OS. The summed E-state index contributed by atoms with van der Waals surface area (Å²) in [6.45, 7) is 7.01. The summed E-state index contributed by atoms with van der Waals surface area (Å²) in [6.07, 6.45) is 7.91. The second-order valence-electron chi connectivity index (χ2n) is 8.53. The first-order chi connectivity index (χ1) is 14.6. The molecule has 2 aromatic heterocycles. The molecule has 1 aliphatic carbocycles. The zero-order chi connectivity index (χ0) is 20.8. The van der Waals surface area contributed by atoms with E-state index >= 15 is 0 Å². The fourth-order valence-corrected chi connectivity index (χ4v) is 6.39. The molecule has 0 radical (unpaired) electrons. The van der Waals surface area contributed by atoms with Gasteiger partial charge in [0.1, 0.15) is 5.00 Å². The van der Waals surface area contributed by atoms with E-state index in [-0.39, 0.29) is 12.1 Å². The Hall–Kier alpha value is -2.53. The topological polar surface area (TPSA) is 37.3 Å². The third-order valence-electron chi connectivity index (χ3n) is 6.80. The molecule has 5 heteroatoms. The van der Waals surface area contributed by atoms with Crippen LogP contribution in [0.15, 0.2) is 36.5 Å². The number of aromatic nitrogens is 1. The van der Waals surface area contributed by atoms with Crippen molar-refractivity contribution in [1.82, 2.24) is 9.47 Å². The van der Waals surface area contributed by atoms with Gasteiger partial charge in [-0.3, -0.25) is 0 Å². The number of rotatable bonds is 2. The summed E-state index contributed by atoms with van der Waals surface area (Å²) in [7, 11) is 0. The van der Waals surface area contributed by atoms with E-state index in [1.807, 2.05) is 23.5 Å². The molecule has 4 nitrogen and oxygen atoms in total. The van der Waals surface area contributed by atoms with Crippen molar-refractivity contribution in [3.05, 3.63) is 69.4 Å². The smallest absolute Gasteiger partial charge is 0.312 e. The van der Waals surface area contributed by atoms with Crippen LogP contribution in [0.25, 0.3) is 5.00 Å². The Labute approximate surface area is 182 Å². The predicted octanol–water partition coefficient (Wildman–Crippen LogP) is 6.53. The highest BCUT2D eigenvalue weighted by Gasteiger charge is 2.34. The highest BCUT2D eigenvalue weighted by Crippen LogP contribution is 2.43. The van der Waals surface area contributed by atoms with E-state index in [0.29, 0.717) is 6.54 Å². The number of anilines is 1. The lowest BCUT2D eigenvalue weighted by molar-refractivity contribution is 0.181. The van der Waals surface area contributed by atoms with Gasteiger partial charge in [-0.1, -0.05) is 19.1 Å². The number of hydrogen-bond acceptors (Lipinski definition) is 2. The Morgan fingerprint density at radius 1 is 1.13 bits per heavy atom. The van der Waals surface area contributed by atoms with Crippen molar-refractivity contribution in [2.24, 2.45) is 0 Å². The third kappa shape index (κ3) is 3.07. The highest BCUT2D eigenvalue weighted by molar-refractivity contribution is 7.15. The molecule has 156 valence electrons.